The lowest BCUT2D eigenvalue weighted by Crippen LogP contribution is -1.94. The first-order chi connectivity index (χ1) is 7.20. The van der Waals surface area contributed by atoms with Gasteiger partial charge in [-0.15, -0.1) is 0 Å². The third-order valence-electron chi connectivity index (χ3n) is 2.69. The predicted molar refractivity (Wildman–Crippen MR) is 63.6 cm³/mol. The maximum absolute atomic E-state index is 5.85. The predicted octanol–water partition coefficient (Wildman–Crippen LogP) is 2.95. The molecule has 1 aromatic heterocycles. The molecule has 0 radical (unpaired) electrons. The lowest BCUT2D eigenvalue weighted by atomic mass is 9.98. The van der Waals surface area contributed by atoms with Crippen molar-refractivity contribution in [1.29, 1.82) is 0 Å². The van der Waals surface area contributed by atoms with Crippen molar-refractivity contribution in [3.63, 3.8) is 0 Å². The van der Waals surface area contributed by atoms with Crippen LogP contribution in [0.25, 0.3) is 11.1 Å². The van der Waals surface area contributed by atoms with Crippen molar-refractivity contribution in [2.24, 2.45) is 0 Å². The minimum atomic E-state index is 0.746. The maximum Gasteiger partial charge on any atom is 0.0536 e. The van der Waals surface area contributed by atoms with E-state index in [0.29, 0.717) is 0 Å². The third kappa shape index (κ3) is 1.71. The molecule has 76 valence electrons. The third-order valence-corrected chi connectivity index (χ3v) is 2.69. The molecule has 2 rings (SSSR count). The molecule has 0 bridgehead atoms. The number of anilines is 1. The average molecular weight is 198 g/mol. The van der Waals surface area contributed by atoms with Gasteiger partial charge in [0, 0.05) is 11.8 Å². The number of nitrogen functional groups attached to an aromatic ring is 1. The lowest BCUT2D eigenvalue weighted by Gasteiger charge is -2.09. The van der Waals surface area contributed by atoms with Crippen LogP contribution in [0.1, 0.15) is 11.1 Å². The molecule has 0 aliphatic rings. The Kier molecular flexibility index (Phi) is 2.42. The van der Waals surface area contributed by atoms with E-state index in [1.165, 1.54) is 11.1 Å². The summed E-state index contributed by atoms with van der Waals surface area (Å²) in [6.07, 6.45) is 3.56. The molecule has 1 aromatic carbocycles. The normalized spacial score (nSPS) is 10.3. The Balaban J connectivity index is 2.65. The van der Waals surface area contributed by atoms with Gasteiger partial charge in [0.25, 0.3) is 0 Å². The molecule has 2 aromatic rings. The lowest BCUT2D eigenvalue weighted by molar-refractivity contribution is 1.28. The minimum Gasteiger partial charge on any atom is -0.397 e. The molecule has 0 saturated carbocycles. The zero-order valence-electron chi connectivity index (χ0n) is 8.99. The second-order valence-electron chi connectivity index (χ2n) is 3.72. The van der Waals surface area contributed by atoms with E-state index in [2.05, 4.69) is 24.0 Å². The van der Waals surface area contributed by atoms with Crippen molar-refractivity contribution in [1.82, 2.24) is 4.98 Å². The number of aryl methyl sites for hydroxylation is 1. The van der Waals surface area contributed by atoms with Gasteiger partial charge in [-0.2, -0.15) is 0 Å². The standard InChI is InChI=1S/C13H14N2/c1-9-5-3-4-6-11(9)12-7-15-8-13(14)10(12)2/h3-8H,14H2,1-2H3. The molecule has 2 heteroatoms. The van der Waals surface area contributed by atoms with Crippen LogP contribution in [0.4, 0.5) is 5.69 Å². The van der Waals surface area contributed by atoms with E-state index in [4.69, 9.17) is 5.73 Å². The summed E-state index contributed by atoms with van der Waals surface area (Å²) in [5.74, 6) is 0. The van der Waals surface area contributed by atoms with Gasteiger partial charge in [0.1, 0.15) is 0 Å². The average Bonchev–Trinajstić information content (AvgIpc) is 2.23. The first kappa shape index (κ1) is 9.71. The number of hydrogen-bond donors (Lipinski definition) is 1. The summed E-state index contributed by atoms with van der Waals surface area (Å²) in [5, 5.41) is 0. The minimum absolute atomic E-state index is 0.746. The molecule has 1 heterocycles. The van der Waals surface area contributed by atoms with E-state index in [-0.39, 0.29) is 0 Å². The topological polar surface area (TPSA) is 38.9 Å². The van der Waals surface area contributed by atoms with Crippen LogP contribution < -0.4 is 5.73 Å². The van der Waals surface area contributed by atoms with E-state index in [1.807, 2.05) is 25.3 Å². The van der Waals surface area contributed by atoms with Gasteiger partial charge in [0.2, 0.25) is 0 Å². The van der Waals surface area contributed by atoms with Gasteiger partial charge in [-0.25, -0.2) is 0 Å². The van der Waals surface area contributed by atoms with Crippen molar-refractivity contribution in [2.75, 3.05) is 5.73 Å². The van der Waals surface area contributed by atoms with Crippen LogP contribution >= 0.6 is 0 Å². The quantitative estimate of drug-likeness (QED) is 0.765. The molecule has 0 amide bonds. The molecule has 0 saturated heterocycles. The van der Waals surface area contributed by atoms with Gasteiger partial charge in [-0.05, 0) is 30.5 Å². The van der Waals surface area contributed by atoms with Crippen molar-refractivity contribution < 1.29 is 0 Å². The SMILES string of the molecule is Cc1ccccc1-c1cncc(N)c1C. The van der Waals surface area contributed by atoms with E-state index < -0.39 is 0 Å². The van der Waals surface area contributed by atoms with Gasteiger partial charge in [0.15, 0.2) is 0 Å². The van der Waals surface area contributed by atoms with Gasteiger partial charge in [0.05, 0.1) is 11.9 Å². The van der Waals surface area contributed by atoms with E-state index >= 15 is 0 Å². The summed E-state index contributed by atoms with van der Waals surface area (Å²) < 4.78 is 0. The molecule has 2 nitrogen and oxygen atoms in total. The van der Waals surface area contributed by atoms with Crippen molar-refractivity contribution in [3.05, 3.63) is 47.8 Å². The number of hydrogen-bond acceptors (Lipinski definition) is 2. The van der Waals surface area contributed by atoms with Crippen LogP contribution in [0, 0.1) is 13.8 Å². The highest BCUT2D eigenvalue weighted by atomic mass is 14.7. The van der Waals surface area contributed by atoms with Crippen LogP contribution in [0.3, 0.4) is 0 Å². The van der Waals surface area contributed by atoms with Gasteiger partial charge >= 0.3 is 0 Å². The largest absolute Gasteiger partial charge is 0.397 e. The summed E-state index contributed by atoms with van der Waals surface area (Å²) in [6, 6.07) is 8.26. The van der Waals surface area contributed by atoms with E-state index in [0.717, 1.165) is 16.8 Å². The smallest absolute Gasteiger partial charge is 0.0536 e. The Morgan fingerprint density at radius 1 is 1.00 bits per heavy atom. The van der Waals surface area contributed by atoms with Crippen molar-refractivity contribution >= 4 is 5.69 Å². The second kappa shape index (κ2) is 3.73. The fraction of sp³-hybridized carbons (Fsp3) is 0.154. The zero-order chi connectivity index (χ0) is 10.8. The summed E-state index contributed by atoms with van der Waals surface area (Å²) in [4.78, 5) is 4.14. The zero-order valence-corrected chi connectivity index (χ0v) is 8.99. The number of benzene rings is 1. The fourth-order valence-electron chi connectivity index (χ4n) is 1.69. The maximum atomic E-state index is 5.85. The highest BCUT2D eigenvalue weighted by Gasteiger charge is 2.06. The van der Waals surface area contributed by atoms with E-state index in [1.54, 1.807) is 6.20 Å². The van der Waals surface area contributed by atoms with Crippen LogP contribution in [-0.4, -0.2) is 4.98 Å². The van der Waals surface area contributed by atoms with Crippen LogP contribution in [0.5, 0.6) is 0 Å². The van der Waals surface area contributed by atoms with Crippen molar-refractivity contribution in [3.8, 4) is 11.1 Å². The number of nitrogens with two attached hydrogens (primary N) is 1. The molecule has 0 spiro atoms. The summed E-state index contributed by atoms with van der Waals surface area (Å²) in [5.41, 5.74) is 11.3. The fourth-order valence-corrected chi connectivity index (χ4v) is 1.69. The first-order valence-electron chi connectivity index (χ1n) is 4.96. The van der Waals surface area contributed by atoms with Gasteiger partial charge < -0.3 is 5.73 Å². The molecular weight excluding hydrogens is 184 g/mol. The second-order valence-corrected chi connectivity index (χ2v) is 3.72. The molecule has 0 unspecified atom stereocenters. The Bertz CT molecular complexity index is 490. The monoisotopic (exact) mass is 198 g/mol. The summed E-state index contributed by atoms with van der Waals surface area (Å²) in [6.45, 7) is 4.12. The summed E-state index contributed by atoms with van der Waals surface area (Å²) in [7, 11) is 0. The Labute approximate surface area is 89.8 Å². The molecular formula is C13H14N2. The van der Waals surface area contributed by atoms with Gasteiger partial charge in [-0.1, -0.05) is 24.3 Å². The molecule has 15 heavy (non-hydrogen) atoms. The van der Waals surface area contributed by atoms with Crippen LogP contribution in [0.15, 0.2) is 36.7 Å². The van der Waals surface area contributed by atoms with E-state index in [9.17, 15) is 0 Å². The van der Waals surface area contributed by atoms with Gasteiger partial charge in [-0.3, -0.25) is 4.98 Å². The number of aromatic nitrogens is 1. The highest BCUT2D eigenvalue weighted by molar-refractivity contribution is 5.73. The molecule has 0 aliphatic carbocycles. The van der Waals surface area contributed by atoms with Crippen LogP contribution in [-0.2, 0) is 0 Å². The number of rotatable bonds is 1. The molecule has 0 atom stereocenters. The Hall–Kier alpha value is -1.83. The molecule has 0 fully saturated rings. The van der Waals surface area contributed by atoms with Crippen LogP contribution in [0.2, 0.25) is 0 Å². The molecule has 2 N–H and O–H groups in total. The number of pyridine rings is 1. The first-order valence-corrected chi connectivity index (χ1v) is 4.96. The van der Waals surface area contributed by atoms with Crippen molar-refractivity contribution in [2.45, 2.75) is 13.8 Å². The Morgan fingerprint density at radius 3 is 2.47 bits per heavy atom. The number of nitrogens with zero attached hydrogens (tertiary/aromatic N) is 1. The highest BCUT2D eigenvalue weighted by Crippen LogP contribution is 2.27. The molecule has 0 aliphatic heterocycles. The Morgan fingerprint density at radius 2 is 1.73 bits per heavy atom. The summed E-state index contributed by atoms with van der Waals surface area (Å²) >= 11 is 0.